The minimum Gasteiger partial charge on any atom is -0.453 e. The van der Waals surface area contributed by atoms with E-state index < -0.39 is 0 Å². The fourth-order valence-corrected chi connectivity index (χ4v) is 8.72. The highest BCUT2D eigenvalue weighted by Gasteiger charge is 2.31. The number of benzene rings is 10. The number of ether oxygens (including phenoxy) is 1. The van der Waals surface area contributed by atoms with Crippen LogP contribution in [0.1, 0.15) is 0 Å². The molecule has 0 atom stereocenters. The average molecular weight is 792 g/mol. The molecule has 62 heavy (non-hydrogen) atoms. The molecule has 0 saturated heterocycles. The zero-order valence-corrected chi connectivity index (χ0v) is 34.0. The third kappa shape index (κ3) is 7.04. The van der Waals surface area contributed by atoms with Crippen molar-refractivity contribution in [1.29, 1.82) is 0 Å². The minimum atomic E-state index is 0.798. The Bertz CT molecular complexity index is 2950. The summed E-state index contributed by atoms with van der Waals surface area (Å²) in [6, 6.07) is 89.1. The summed E-state index contributed by atoms with van der Waals surface area (Å²) in [5.41, 5.74) is 19.1. The van der Waals surface area contributed by atoms with Crippen LogP contribution in [0, 0.1) is 0 Å². The summed E-state index contributed by atoms with van der Waals surface area (Å²) in [7, 11) is 0. The first-order chi connectivity index (χ1) is 30.7. The second-order valence-electron chi connectivity index (χ2n) is 15.7. The van der Waals surface area contributed by atoms with Gasteiger partial charge in [0.1, 0.15) is 0 Å². The van der Waals surface area contributed by atoms with Gasteiger partial charge in [-0.25, -0.2) is 0 Å². The maximum atomic E-state index is 6.91. The minimum absolute atomic E-state index is 0.798. The van der Waals surface area contributed by atoms with Gasteiger partial charge in [-0.15, -0.1) is 0 Å². The van der Waals surface area contributed by atoms with Crippen molar-refractivity contribution in [3.8, 4) is 89.4 Å². The van der Waals surface area contributed by atoms with Crippen molar-refractivity contribution in [3.05, 3.63) is 249 Å². The highest BCUT2D eigenvalue weighted by atomic mass is 16.5. The molecule has 1 heterocycles. The molecule has 2 nitrogen and oxygen atoms in total. The largest absolute Gasteiger partial charge is 0.453 e. The summed E-state index contributed by atoms with van der Waals surface area (Å²) in [5, 5.41) is 0. The molecule has 0 aliphatic carbocycles. The lowest BCUT2D eigenvalue weighted by Gasteiger charge is -2.36. The van der Waals surface area contributed by atoms with Crippen LogP contribution in [0.5, 0.6) is 11.5 Å². The van der Waals surface area contributed by atoms with E-state index in [-0.39, 0.29) is 0 Å². The standard InChI is InChI=1S/C60H41NO/c1-6-16-42(17-7-1)45-26-30-47(31-27-45)51-34-36-58-56(40-51)61(57-41-52(35-37-59(57)62-58)48-32-28-46(29-33-48)43-18-8-2-9-19-43)60-54(49-22-12-4-13-23-49)38-53(44-20-10-3-11-21-44)39-55(60)50-24-14-5-15-25-50/h1-41H. The Morgan fingerprint density at radius 3 is 0.855 bits per heavy atom. The first-order valence-corrected chi connectivity index (χ1v) is 21.2. The van der Waals surface area contributed by atoms with Crippen molar-refractivity contribution >= 4 is 17.1 Å². The van der Waals surface area contributed by atoms with Crippen molar-refractivity contribution in [2.24, 2.45) is 0 Å². The van der Waals surface area contributed by atoms with Crippen LogP contribution < -0.4 is 9.64 Å². The quantitative estimate of drug-likeness (QED) is 0.152. The van der Waals surface area contributed by atoms with E-state index in [1.807, 2.05) is 0 Å². The summed E-state index contributed by atoms with van der Waals surface area (Å²) < 4.78 is 6.91. The fourth-order valence-electron chi connectivity index (χ4n) is 8.72. The van der Waals surface area contributed by atoms with Gasteiger partial charge in [-0.1, -0.05) is 212 Å². The van der Waals surface area contributed by atoms with Gasteiger partial charge in [0.2, 0.25) is 0 Å². The molecule has 10 aromatic rings. The van der Waals surface area contributed by atoms with Crippen LogP contribution >= 0.6 is 0 Å². The average Bonchev–Trinajstić information content (AvgIpc) is 3.36. The third-order valence-electron chi connectivity index (χ3n) is 11.9. The number of rotatable bonds is 8. The lowest BCUT2D eigenvalue weighted by molar-refractivity contribution is 0.477. The SMILES string of the molecule is c1ccc(-c2ccc(-c3ccc4c(c3)N(c3c(-c5ccccc5)cc(-c5ccccc5)cc3-c3ccccc3)c3cc(-c5ccc(-c6ccccc6)cc5)ccc3O4)cc2)cc1. The van der Waals surface area contributed by atoms with E-state index in [4.69, 9.17) is 4.74 Å². The number of hydrogen-bond donors (Lipinski definition) is 0. The van der Waals surface area contributed by atoms with E-state index in [0.717, 1.165) is 78.6 Å². The fraction of sp³-hybridized carbons (Fsp3) is 0. The van der Waals surface area contributed by atoms with Crippen molar-refractivity contribution < 1.29 is 4.74 Å². The van der Waals surface area contributed by atoms with Gasteiger partial charge in [0, 0.05) is 11.1 Å². The summed E-state index contributed by atoms with van der Waals surface area (Å²) in [6.07, 6.45) is 0. The van der Waals surface area contributed by atoms with Gasteiger partial charge in [-0.05, 0) is 103 Å². The molecule has 0 saturated carbocycles. The molecule has 0 N–H and O–H groups in total. The van der Waals surface area contributed by atoms with E-state index in [2.05, 4.69) is 254 Å². The molecule has 0 amide bonds. The molecule has 0 bridgehead atoms. The van der Waals surface area contributed by atoms with E-state index in [1.54, 1.807) is 0 Å². The summed E-state index contributed by atoms with van der Waals surface area (Å²) in [5.74, 6) is 1.60. The Morgan fingerprint density at radius 1 is 0.226 bits per heavy atom. The summed E-state index contributed by atoms with van der Waals surface area (Å²) >= 11 is 0. The summed E-state index contributed by atoms with van der Waals surface area (Å²) in [4.78, 5) is 2.46. The zero-order valence-electron chi connectivity index (χ0n) is 34.0. The topological polar surface area (TPSA) is 12.5 Å². The van der Waals surface area contributed by atoms with Crippen molar-refractivity contribution in [1.82, 2.24) is 0 Å². The lowest BCUT2D eigenvalue weighted by atomic mass is 9.89. The molecule has 292 valence electrons. The Labute approximate surface area is 363 Å². The van der Waals surface area contributed by atoms with Crippen LogP contribution in [0.2, 0.25) is 0 Å². The van der Waals surface area contributed by atoms with E-state index in [0.29, 0.717) is 0 Å². The van der Waals surface area contributed by atoms with Crippen molar-refractivity contribution in [2.75, 3.05) is 4.90 Å². The molecule has 0 radical (unpaired) electrons. The Kier molecular flexibility index (Phi) is 9.57. The van der Waals surface area contributed by atoms with Crippen molar-refractivity contribution in [2.45, 2.75) is 0 Å². The number of fused-ring (bicyclic) bond motifs is 2. The molecular formula is C60H41NO. The number of hydrogen-bond acceptors (Lipinski definition) is 2. The highest BCUT2D eigenvalue weighted by molar-refractivity contribution is 6.03. The van der Waals surface area contributed by atoms with Gasteiger partial charge >= 0.3 is 0 Å². The van der Waals surface area contributed by atoms with Gasteiger partial charge in [0.15, 0.2) is 11.5 Å². The number of nitrogens with zero attached hydrogens (tertiary/aromatic N) is 1. The first kappa shape index (κ1) is 36.8. The van der Waals surface area contributed by atoms with Gasteiger partial charge in [0.05, 0.1) is 17.1 Å². The van der Waals surface area contributed by atoms with Crippen LogP contribution in [0.15, 0.2) is 249 Å². The molecular weight excluding hydrogens is 751 g/mol. The Hall–Kier alpha value is -8.20. The first-order valence-electron chi connectivity index (χ1n) is 21.2. The van der Waals surface area contributed by atoms with Gasteiger partial charge in [-0.2, -0.15) is 0 Å². The predicted octanol–water partition coefficient (Wildman–Crippen LogP) is 16.9. The van der Waals surface area contributed by atoms with Gasteiger partial charge in [0.25, 0.3) is 0 Å². The second kappa shape index (κ2) is 16.1. The zero-order chi connectivity index (χ0) is 41.2. The maximum absolute atomic E-state index is 6.91. The van der Waals surface area contributed by atoms with E-state index in [9.17, 15) is 0 Å². The molecule has 0 fully saturated rings. The predicted molar refractivity (Wildman–Crippen MR) is 259 cm³/mol. The highest BCUT2D eigenvalue weighted by Crippen LogP contribution is 2.57. The van der Waals surface area contributed by atoms with E-state index >= 15 is 0 Å². The monoisotopic (exact) mass is 791 g/mol. The lowest BCUT2D eigenvalue weighted by Crippen LogP contribution is -2.18. The molecule has 0 spiro atoms. The molecule has 1 aliphatic rings. The van der Waals surface area contributed by atoms with Gasteiger partial charge in [-0.3, -0.25) is 0 Å². The maximum Gasteiger partial charge on any atom is 0.151 e. The third-order valence-corrected chi connectivity index (χ3v) is 11.9. The smallest absolute Gasteiger partial charge is 0.151 e. The molecule has 10 aromatic carbocycles. The second-order valence-corrected chi connectivity index (χ2v) is 15.7. The van der Waals surface area contributed by atoms with Gasteiger partial charge < -0.3 is 9.64 Å². The van der Waals surface area contributed by atoms with Crippen LogP contribution in [0.25, 0.3) is 77.9 Å². The molecule has 1 aliphatic heterocycles. The van der Waals surface area contributed by atoms with Crippen LogP contribution in [0.3, 0.4) is 0 Å². The van der Waals surface area contributed by atoms with Crippen LogP contribution in [-0.2, 0) is 0 Å². The van der Waals surface area contributed by atoms with E-state index in [1.165, 1.54) is 27.8 Å². The normalized spacial score (nSPS) is 11.6. The molecule has 0 unspecified atom stereocenters. The van der Waals surface area contributed by atoms with Crippen molar-refractivity contribution in [3.63, 3.8) is 0 Å². The van der Waals surface area contributed by atoms with Crippen LogP contribution in [0.4, 0.5) is 17.1 Å². The van der Waals surface area contributed by atoms with Crippen LogP contribution in [-0.4, -0.2) is 0 Å². The Morgan fingerprint density at radius 2 is 0.500 bits per heavy atom. The number of anilines is 3. The molecule has 0 aromatic heterocycles. The molecule has 11 rings (SSSR count). The Balaban J connectivity index is 1.15. The molecule has 2 heteroatoms. The summed E-state index contributed by atoms with van der Waals surface area (Å²) in [6.45, 7) is 0.